The van der Waals surface area contributed by atoms with Gasteiger partial charge in [-0.15, -0.1) is 0 Å². The molecule has 0 saturated heterocycles. The average Bonchev–Trinajstić information content (AvgIpc) is 2.54. The molecule has 1 aliphatic carbocycles. The van der Waals surface area contributed by atoms with E-state index in [-0.39, 0.29) is 5.92 Å². The van der Waals surface area contributed by atoms with Gasteiger partial charge in [0.15, 0.2) is 0 Å². The van der Waals surface area contributed by atoms with E-state index in [4.69, 9.17) is 0 Å². The Morgan fingerprint density at radius 2 is 2.33 bits per heavy atom. The second-order valence-corrected chi connectivity index (χ2v) is 3.83. The third kappa shape index (κ3) is 1.51. The van der Waals surface area contributed by atoms with Gasteiger partial charge in [0.05, 0.1) is 18.8 Å². The summed E-state index contributed by atoms with van der Waals surface area (Å²) < 4.78 is 4.66. The van der Waals surface area contributed by atoms with Gasteiger partial charge in [-0.05, 0) is 17.9 Å². The zero-order valence-electron chi connectivity index (χ0n) is 8.73. The van der Waals surface area contributed by atoms with Crippen LogP contribution in [0.25, 0.3) is 0 Å². The molecule has 0 fully saturated rings. The van der Waals surface area contributed by atoms with Crippen LogP contribution in [0.4, 0.5) is 0 Å². The fraction of sp³-hybridized carbons (Fsp3) is 0.455. The van der Waals surface area contributed by atoms with Crippen LogP contribution < -0.4 is 0 Å². The van der Waals surface area contributed by atoms with Crippen molar-refractivity contribution in [2.75, 3.05) is 7.11 Å². The number of aliphatic hydroxyl groups is 1. The molecule has 0 unspecified atom stereocenters. The largest absolute Gasteiger partial charge is 0.465 e. The van der Waals surface area contributed by atoms with Crippen molar-refractivity contribution >= 4 is 5.97 Å². The quantitative estimate of drug-likeness (QED) is 0.707. The Balaban J connectivity index is 2.55. The Bertz CT molecular complexity index is 403. The molecule has 0 aromatic carbocycles. The highest BCUT2D eigenvalue weighted by atomic mass is 16.5. The molecule has 1 aromatic heterocycles. The molecule has 0 bridgehead atoms. The summed E-state index contributed by atoms with van der Waals surface area (Å²) in [6.45, 7) is 2.01. The van der Waals surface area contributed by atoms with Crippen LogP contribution in [0.3, 0.4) is 0 Å². The lowest BCUT2D eigenvalue weighted by atomic mass is 10.0. The Hall–Kier alpha value is -1.42. The van der Waals surface area contributed by atoms with E-state index in [9.17, 15) is 9.90 Å². The van der Waals surface area contributed by atoms with Crippen LogP contribution >= 0.6 is 0 Å². The Kier molecular flexibility index (Phi) is 2.44. The van der Waals surface area contributed by atoms with Crippen molar-refractivity contribution in [3.8, 4) is 0 Å². The SMILES string of the molecule is COC(=O)c1cncc2c1[C@H](O)C[C@@H]2C. The van der Waals surface area contributed by atoms with Gasteiger partial charge in [0, 0.05) is 18.0 Å². The van der Waals surface area contributed by atoms with Gasteiger partial charge in [0.25, 0.3) is 0 Å². The summed E-state index contributed by atoms with van der Waals surface area (Å²) in [6.07, 6.45) is 3.23. The smallest absolute Gasteiger partial charge is 0.339 e. The van der Waals surface area contributed by atoms with Crippen molar-refractivity contribution in [1.82, 2.24) is 4.98 Å². The van der Waals surface area contributed by atoms with Crippen molar-refractivity contribution in [3.05, 3.63) is 29.1 Å². The number of hydrogen-bond donors (Lipinski definition) is 1. The number of ether oxygens (including phenoxy) is 1. The summed E-state index contributed by atoms with van der Waals surface area (Å²) in [7, 11) is 1.33. The summed E-state index contributed by atoms with van der Waals surface area (Å²) in [4.78, 5) is 15.5. The van der Waals surface area contributed by atoms with Crippen LogP contribution in [0, 0.1) is 0 Å². The van der Waals surface area contributed by atoms with Gasteiger partial charge in [0.1, 0.15) is 0 Å². The number of aromatic nitrogens is 1. The van der Waals surface area contributed by atoms with Crippen LogP contribution in [0.5, 0.6) is 0 Å². The number of nitrogens with zero attached hydrogens (tertiary/aromatic N) is 1. The Morgan fingerprint density at radius 1 is 1.60 bits per heavy atom. The summed E-state index contributed by atoms with van der Waals surface area (Å²) in [6, 6.07) is 0. The van der Waals surface area contributed by atoms with Gasteiger partial charge in [0.2, 0.25) is 0 Å². The summed E-state index contributed by atoms with van der Waals surface area (Å²) in [5, 5.41) is 9.84. The second kappa shape index (κ2) is 3.62. The molecule has 1 N–H and O–H groups in total. The molecule has 0 saturated carbocycles. The molecule has 0 aliphatic heterocycles. The minimum Gasteiger partial charge on any atom is -0.465 e. The first-order valence-electron chi connectivity index (χ1n) is 4.89. The fourth-order valence-electron chi connectivity index (χ4n) is 2.10. The van der Waals surface area contributed by atoms with Crippen LogP contribution in [-0.2, 0) is 4.74 Å². The molecule has 4 nitrogen and oxygen atoms in total. The molecule has 0 amide bonds. The maximum Gasteiger partial charge on any atom is 0.339 e. The van der Waals surface area contributed by atoms with Gasteiger partial charge >= 0.3 is 5.97 Å². The summed E-state index contributed by atoms with van der Waals surface area (Å²) in [5.41, 5.74) is 2.02. The van der Waals surface area contributed by atoms with Gasteiger partial charge in [-0.25, -0.2) is 4.79 Å². The lowest BCUT2D eigenvalue weighted by molar-refractivity contribution is 0.0593. The van der Waals surface area contributed by atoms with Gasteiger partial charge < -0.3 is 9.84 Å². The standard InChI is InChI=1S/C11H13NO3/c1-6-3-9(13)10-7(6)4-12-5-8(10)11(14)15-2/h4-6,9,13H,3H2,1-2H3/t6-,9+/m0/s1. The highest BCUT2D eigenvalue weighted by molar-refractivity contribution is 5.91. The molecular weight excluding hydrogens is 194 g/mol. The zero-order chi connectivity index (χ0) is 11.0. The molecule has 2 rings (SSSR count). The predicted molar refractivity (Wildman–Crippen MR) is 53.6 cm³/mol. The molecule has 1 aromatic rings. The first-order valence-corrected chi connectivity index (χ1v) is 4.89. The molecule has 15 heavy (non-hydrogen) atoms. The number of hydrogen-bond acceptors (Lipinski definition) is 4. The molecular formula is C11H13NO3. The second-order valence-electron chi connectivity index (χ2n) is 3.83. The molecule has 0 spiro atoms. The van der Waals surface area contributed by atoms with Crippen LogP contribution in [0.2, 0.25) is 0 Å². The highest BCUT2D eigenvalue weighted by Crippen LogP contribution is 2.41. The van der Waals surface area contributed by atoms with Gasteiger partial charge in [-0.2, -0.15) is 0 Å². The molecule has 2 atom stereocenters. The minimum absolute atomic E-state index is 0.243. The van der Waals surface area contributed by atoms with Crippen molar-refractivity contribution in [1.29, 1.82) is 0 Å². The monoisotopic (exact) mass is 207 g/mol. The number of methoxy groups -OCH3 is 1. The van der Waals surface area contributed by atoms with E-state index in [0.29, 0.717) is 17.5 Å². The lowest BCUT2D eigenvalue weighted by Crippen LogP contribution is -2.08. The van der Waals surface area contributed by atoms with Crippen molar-refractivity contribution in [2.24, 2.45) is 0 Å². The van der Waals surface area contributed by atoms with Crippen molar-refractivity contribution in [2.45, 2.75) is 25.4 Å². The molecule has 1 aliphatic rings. The van der Waals surface area contributed by atoms with Crippen LogP contribution in [0.15, 0.2) is 12.4 Å². The van der Waals surface area contributed by atoms with Gasteiger partial charge in [-0.1, -0.05) is 6.92 Å². The Labute approximate surface area is 87.9 Å². The molecule has 4 heteroatoms. The van der Waals surface area contributed by atoms with E-state index in [1.165, 1.54) is 13.3 Å². The van der Waals surface area contributed by atoms with Gasteiger partial charge in [-0.3, -0.25) is 4.98 Å². The number of pyridine rings is 1. The summed E-state index contributed by atoms with van der Waals surface area (Å²) in [5.74, 6) is -0.195. The normalized spacial score (nSPS) is 23.7. The third-order valence-corrected chi connectivity index (χ3v) is 2.86. The predicted octanol–water partition coefficient (Wildman–Crippen LogP) is 1.41. The minimum atomic E-state index is -0.577. The first kappa shape index (κ1) is 10.1. The molecule has 1 heterocycles. The highest BCUT2D eigenvalue weighted by Gasteiger charge is 2.31. The maximum atomic E-state index is 11.5. The maximum absolute atomic E-state index is 11.5. The van der Waals surface area contributed by atoms with Crippen LogP contribution in [0.1, 0.15) is 46.9 Å². The van der Waals surface area contributed by atoms with E-state index < -0.39 is 12.1 Å². The average molecular weight is 207 g/mol. The molecule has 80 valence electrons. The molecule has 0 radical (unpaired) electrons. The van der Waals surface area contributed by atoms with E-state index in [1.54, 1.807) is 6.20 Å². The first-order chi connectivity index (χ1) is 7.15. The third-order valence-electron chi connectivity index (χ3n) is 2.86. The van der Waals surface area contributed by atoms with Crippen LogP contribution in [-0.4, -0.2) is 23.2 Å². The number of aliphatic hydroxyl groups excluding tert-OH is 1. The number of fused-ring (bicyclic) bond motifs is 1. The lowest BCUT2D eigenvalue weighted by Gasteiger charge is -2.08. The summed E-state index contributed by atoms with van der Waals surface area (Å²) >= 11 is 0. The van der Waals surface area contributed by atoms with Crippen molar-refractivity contribution in [3.63, 3.8) is 0 Å². The number of rotatable bonds is 1. The van der Waals surface area contributed by atoms with E-state index >= 15 is 0 Å². The zero-order valence-corrected chi connectivity index (χ0v) is 8.73. The number of carbonyl (C=O) groups excluding carboxylic acids is 1. The fourth-order valence-corrected chi connectivity index (χ4v) is 2.10. The van der Waals surface area contributed by atoms with E-state index in [1.807, 2.05) is 6.92 Å². The Morgan fingerprint density at radius 3 is 3.00 bits per heavy atom. The number of carbonyl (C=O) groups is 1. The number of esters is 1. The topological polar surface area (TPSA) is 59.4 Å². The van der Waals surface area contributed by atoms with Crippen molar-refractivity contribution < 1.29 is 14.6 Å². The van der Waals surface area contributed by atoms with E-state index in [2.05, 4.69) is 9.72 Å². The van der Waals surface area contributed by atoms with E-state index in [0.717, 1.165) is 5.56 Å².